The van der Waals surface area contributed by atoms with Gasteiger partial charge < -0.3 is 0 Å². The SMILES string of the molecule is C[n+]1cc(Cl)cc2ccccc21. The van der Waals surface area contributed by atoms with E-state index < -0.39 is 0 Å². The van der Waals surface area contributed by atoms with Gasteiger partial charge in [0.1, 0.15) is 12.1 Å². The first-order chi connectivity index (χ1) is 5.77. The molecule has 1 nitrogen and oxygen atoms in total. The Labute approximate surface area is 76.2 Å². The van der Waals surface area contributed by atoms with Gasteiger partial charge in [-0.1, -0.05) is 23.7 Å². The Morgan fingerprint density at radius 3 is 2.83 bits per heavy atom. The molecule has 0 amide bonds. The number of rotatable bonds is 0. The maximum absolute atomic E-state index is 5.90. The van der Waals surface area contributed by atoms with Crippen LogP contribution in [0.2, 0.25) is 5.02 Å². The van der Waals surface area contributed by atoms with Crippen molar-refractivity contribution in [3.8, 4) is 0 Å². The first-order valence-electron chi connectivity index (χ1n) is 3.81. The molecular formula is C10H9ClN+. The average Bonchev–Trinajstić information content (AvgIpc) is 2.04. The predicted octanol–water partition coefficient (Wildman–Crippen LogP) is 2.32. The third-order valence-corrected chi connectivity index (χ3v) is 2.13. The van der Waals surface area contributed by atoms with Gasteiger partial charge in [-0.15, -0.1) is 0 Å². The molecule has 2 rings (SSSR count). The zero-order valence-electron chi connectivity index (χ0n) is 6.79. The highest BCUT2D eigenvalue weighted by molar-refractivity contribution is 6.30. The van der Waals surface area contributed by atoms with Gasteiger partial charge in [-0.2, -0.15) is 4.57 Å². The molecule has 60 valence electrons. The van der Waals surface area contributed by atoms with E-state index in [0.717, 1.165) is 5.02 Å². The molecule has 0 saturated heterocycles. The van der Waals surface area contributed by atoms with Crippen molar-refractivity contribution in [1.29, 1.82) is 0 Å². The van der Waals surface area contributed by atoms with Crippen LogP contribution in [0, 0.1) is 0 Å². The number of aryl methyl sites for hydroxylation is 1. The maximum atomic E-state index is 5.90. The summed E-state index contributed by atoms with van der Waals surface area (Å²) in [5.74, 6) is 0. The predicted molar refractivity (Wildman–Crippen MR) is 50.1 cm³/mol. The fourth-order valence-electron chi connectivity index (χ4n) is 1.37. The first kappa shape index (κ1) is 7.56. The number of hydrogen-bond donors (Lipinski definition) is 0. The molecule has 0 atom stereocenters. The fraction of sp³-hybridized carbons (Fsp3) is 0.100. The van der Waals surface area contributed by atoms with E-state index in [9.17, 15) is 0 Å². The zero-order valence-corrected chi connectivity index (χ0v) is 7.55. The number of halogens is 1. The highest BCUT2D eigenvalue weighted by Crippen LogP contribution is 2.13. The molecule has 12 heavy (non-hydrogen) atoms. The topological polar surface area (TPSA) is 3.88 Å². The number of benzene rings is 1. The van der Waals surface area contributed by atoms with E-state index in [1.807, 2.05) is 36.0 Å². The molecular weight excluding hydrogens is 170 g/mol. The third kappa shape index (κ3) is 1.16. The van der Waals surface area contributed by atoms with Gasteiger partial charge in [-0.05, 0) is 12.1 Å². The van der Waals surface area contributed by atoms with Gasteiger partial charge in [0.25, 0.3) is 0 Å². The van der Waals surface area contributed by atoms with Crippen LogP contribution in [-0.2, 0) is 7.05 Å². The number of aromatic nitrogens is 1. The van der Waals surface area contributed by atoms with E-state index in [1.54, 1.807) is 0 Å². The number of pyridine rings is 1. The van der Waals surface area contributed by atoms with Crippen LogP contribution in [0.4, 0.5) is 0 Å². The molecule has 0 unspecified atom stereocenters. The number of hydrogen-bond acceptors (Lipinski definition) is 0. The lowest BCUT2D eigenvalue weighted by Crippen LogP contribution is -2.28. The van der Waals surface area contributed by atoms with Crippen molar-refractivity contribution >= 4 is 22.5 Å². The Hall–Kier alpha value is -1.08. The summed E-state index contributed by atoms with van der Waals surface area (Å²) in [6.45, 7) is 0. The first-order valence-corrected chi connectivity index (χ1v) is 4.19. The molecule has 1 heterocycles. The summed E-state index contributed by atoms with van der Waals surface area (Å²) in [5, 5.41) is 1.95. The summed E-state index contributed by atoms with van der Waals surface area (Å²) >= 11 is 5.90. The van der Waals surface area contributed by atoms with Gasteiger partial charge >= 0.3 is 0 Å². The quantitative estimate of drug-likeness (QED) is 0.546. The summed E-state index contributed by atoms with van der Waals surface area (Å²) in [6.07, 6.45) is 1.91. The summed E-state index contributed by atoms with van der Waals surface area (Å²) in [7, 11) is 1.99. The van der Waals surface area contributed by atoms with Gasteiger partial charge in [-0.25, -0.2) is 0 Å². The highest BCUT2D eigenvalue weighted by atomic mass is 35.5. The zero-order chi connectivity index (χ0) is 8.55. The van der Waals surface area contributed by atoms with Gasteiger partial charge in [-0.3, -0.25) is 0 Å². The Balaban J connectivity index is 2.89. The van der Waals surface area contributed by atoms with E-state index in [-0.39, 0.29) is 0 Å². The fourth-order valence-corrected chi connectivity index (χ4v) is 1.64. The number of nitrogens with zero attached hydrogens (tertiary/aromatic N) is 1. The average molecular weight is 179 g/mol. The Bertz CT molecular complexity index is 423. The largest absolute Gasteiger partial charge is 0.212 e. The molecule has 0 fully saturated rings. The molecule has 2 heteroatoms. The van der Waals surface area contributed by atoms with Crippen molar-refractivity contribution in [3.63, 3.8) is 0 Å². The van der Waals surface area contributed by atoms with Crippen molar-refractivity contribution in [2.24, 2.45) is 7.05 Å². The van der Waals surface area contributed by atoms with Gasteiger partial charge in [0.05, 0.1) is 0 Å². The van der Waals surface area contributed by atoms with Crippen molar-refractivity contribution in [2.45, 2.75) is 0 Å². The normalized spacial score (nSPS) is 10.5. The van der Waals surface area contributed by atoms with Crippen LogP contribution in [0.1, 0.15) is 0 Å². The maximum Gasteiger partial charge on any atom is 0.212 e. The highest BCUT2D eigenvalue weighted by Gasteiger charge is 2.04. The summed E-state index contributed by atoms with van der Waals surface area (Å²) in [5.41, 5.74) is 1.20. The lowest BCUT2D eigenvalue weighted by molar-refractivity contribution is -0.644. The smallest absolute Gasteiger partial charge is 0.200 e. The minimum Gasteiger partial charge on any atom is -0.200 e. The van der Waals surface area contributed by atoms with E-state index >= 15 is 0 Å². The van der Waals surface area contributed by atoms with E-state index in [2.05, 4.69) is 12.1 Å². The molecule has 0 aliphatic rings. The van der Waals surface area contributed by atoms with E-state index in [0.29, 0.717) is 0 Å². The standard InChI is InChI=1S/C10H9ClN/c1-12-7-9(11)6-8-4-2-3-5-10(8)12/h2-7H,1H3/q+1. The van der Waals surface area contributed by atoms with Crippen molar-refractivity contribution in [1.82, 2.24) is 0 Å². The molecule has 2 aromatic rings. The van der Waals surface area contributed by atoms with Crippen molar-refractivity contribution < 1.29 is 4.57 Å². The van der Waals surface area contributed by atoms with Crippen molar-refractivity contribution in [2.75, 3.05) is 0 Å². The summed E-state index contributed by atoms with van der Waals surface area (Å²) in [4.78, 5) is 0. The van der Waals surface area contributed by atoms with Crippen LogP contribution in [-0.4, -0.2) is 0 Å². The second-order valence-corrected chi connectivity index (χ2v) is 3.26. The Morgan fingerprint density at radius 2 is 2.00 bits per heavy atom. The molecule has 1 aromatic heterocycles. The Morgan fingerprint density at radius 1 is 1.25 bits per heavy atom. The molecule has 0 radical (unpaired) electrons. The molecule has 0 aliphatic heterocycles. The summed E-state index contributed by atoms with van der Waals surface area (Å²) < 4.78 is 2.03. The van der Waals surface area contributed by atoms with Crippen molar-refractivity contribution in [3.05, 3.63) is 41.6 Å². The van der Waals surface area contributed by atoms with Gasteiger partial charge in [0.15, 0.2) is 6.20 Å². The minimum atomic E-state index is 0.774. The lowest BCUT2D eigenvalue weighted by atomic mass is 10.2. The van der Waals surface area contributed by atoms with Gasteiger partial charge in [0, 0.05) is 11.5 Å². The van der Waals surface area contributed by atoms with Crippen LogP contribution in [0.25, 0.3) is 10.9 Å². The number of para-hydroxylation sites is 1. The van der Waals surface area contributed by atoms with Crippen LogP contribution in [0.15, 0.2) is 36.5 Å². The monoisotopic (exact) mass is 178 g/mol. The Kier molecular flexibility index (Phi) is 1.74. The molecule has 0 N–H and O–H groups in total. The van der Waals surface area contributed by atoms with E-state index in [1.165, 1.54) is 10.9 Å². The second kappa shape index (κ2) is 2.76. The molecule has 0 bridgehead atoms. The summed E-state index contributed by atoms with van der Waals surface area (Å²) in [6, 6.07) is 10.1. The molecule has 0 aliphatic carbocycles. The second-order valence-electron chi connectivity index (χ2n) is 2.83. The van der Waals surface area contributed by atoms with Crippen LogP contribution >= 0.6 is 11.6 Å². The third-order valence-electron chi connectivity index (χ3n) is 1.93. The van der Waals surface area contributed by atoms with Gasteiger partial charge in [0.2, 0.25) is 5.52 Å². The van der Waals surface area contributed by atoms with Crippen LogP contribution in [0.5, 0.6) is 0 Å². The van der Waals surface area contributed by atoms with Crippen LogP contribution < -0.4 is 4.57 Å². The van der Waals surface area contributed by atoms with Crippen LogP contribution in [0.3, 0.4) is 0 Å². The number of fused-ring (bicyclic) bond motifs is 1. The molecule has 0 spiro atoms. The van der Waals surface area contributed by atoms with E-state index in [4.69, 9.17) is 11.6 Å². The lowest BCUT2D eigenvalue weighted by Gasteiger charge is -1.95. The minimum absolute atomic E-state index is 0.774. The molecule has 1 aromatic carbocycles. The molecule has 0 saturated carbocycles.